The number of carbonyl (C=O) groups excluding carboxylic acids is 2. The lowest BCUT2D eigenvalue weighted by molar-refractivity contribution is -0.139. The standard InChI is InChI=1S/C23H32N2O4/c1-7-28-21(26)18-13-25-9-8-16-10-14(2)15(3)11-17(16)20(25)12-19(18)24-22(27)29-23(4,5)6/h10-11,20H,7-9,12-13H2,1-6H3,(H,24,27)/t20-/m0/s1. The number of nitrogens with one attached hydrogen (secondary N) is 1. The molecule has 0 unspecified atom stereocenters. The van der Waals surface area contributed by atoms with E-state index in [1.54, 1.807) is 6.92 Å². The van der Waals surface area contributed by atoms with Crippen LogP contribution < -0.4 is 5.32 Å². The molecule has 6 nitrogen and oxygen atoms in total. The Balaban J connectivity index is 1.94. The van der Waals surface area contributed by atoms with Crippen molar-refractivity contribution < 1.29 is 19.1 Å². The zero-order chi connectivity index (χ0) is 21.3. The Kier molecular flexibility index (Phi) is 6.03. The Labute approximate surface area is 173 Å². The van der Waals surface area contributed by atoms with Crippen molar-refractivity contribution in [2.75, 3.05) is 19.7 Å². The van der Waals surface area contributed by atoms with Crippen LogP contribution in [0.25, 0.3) is 0 Å². The molecule has 1 aromatic carbocycles. The number of amides is 1. The fraction of sp³-hybridized carbons (Fsp3) is 0.565. The Morgan fingerprint density at radius 1 is 1.21 bits per heavy atom. The largest absolute Gasteiger partial charge is 0.463 e. The SMILES string of the molecule is CCOC(=O)C1=C(NC(=O)OC(C)(C)C)C[C@H]2c3cc(C)c(C)cc3CCN2C1. The van der Waals surface area contributed by atoms with Crippen LogP contribution in [0, 0.1) is 13.8 Å². The molecule has 1 N–H and O–H groups in total. The lowest BCUT2D eigenvalue weighted by atomic mass is 9.84. The highest BCUT2D eigenvalue weighted by molar-refractivity contribution is 5.91. The Bertz CT molecular complexity index is 851. The second kappa shape index (κ2) is 8.19. The summed E-state index contributed by atoms with van der Waals surface area (Å²) in [5, 5.41) is 2.85. The molecule has 2 heterocycles. The second-order valence-corrected chi connectivity index (χ2v) is 8.88. The molecular weight excluding hydrogens is 368 g/mol. The fourth-order valence-corrected chi connectivity index (χ4v) is 4.04. The fourth-order valence-electron chi connectivity index (χ4n) is 4.04. The van der Waals surface area contributed by atoms with Crippen molar-refractivity contribution >= 4 is 12.1 Å². The molecule has 6 heteroatoms. The number of hydrogen-bond donors (Lipinski definition) is 1. The molecule has 3 rings (SSSR count). The summed E-state index contributed by atoms with van der Waals surface area (Å²) >= 11 is 0. The van der Waals surface area contributed by atoms with Crippen molar-refractivity contribution in [3.63, 3.8) is 0 Å². The van der Waals surface area contributed by atoms with Crippen molar-refractivity contribution in [1.29, 1.82) is 0 Å². The van der Waals surface area contributed by atoms with Gasteiger partial charge in [-0.3, -0.25) is 10.2 Å². The van der Waals surface area contributed by atoms with E-state index >= 15 is 0 Å². The molecule has 1 atom stereocenters. The van der Waals surface area contributed by atoms with Gasteiger partial charge in [0.15, 0.2) is 0 Å². The van der Waals surface area contributed by atoms with E-state index in [0.717, 1.165) is 13.0 Å². The van der Waals surface area contributed by atoms with Gasteiger partial charge in [0.1, 0.15) is 5.60 Å². The van der Waals surface area contributed by atoms with E-state index in [1.165, 1.54) is 22.3 Å². The number of esters is 1. The normalized spacial score (nSPS) is 19.3. The van der Waals surface area contributed by atoms with E-state index in [1.807, 2.05) is 20.8 Å². The molecule has 2 aliphatic heterocycles. The molecule has 0 radical (unpaired) electrons. The highest BCUT2D eigenvalue weighted by Gasteiger charge is 2.37. The Morgan fingerprint density at radius 3 is 2.55 bits per heavy atom. The molecule has 0 fully saturated rings. The summed E-state index contributed by atoms with van der Waals surface area (Å²) in [5.74, 6) is -0.372. The van der Waals surface area contributed by atoms with Crippen LogP contribution in [0.5, 0.6) is 0 Å². The molecule has 0 spiro atoms. The smallest absolute Gasteiger partial charge is 0.411 e. The molecule has 2 aliphatic rings. The number of alkyl carbamates (subject to hydrolysis) is 1. The van der Waals surface area contributed by atoms with Gasteiger partial charge < -0.3 is 9.47 Å². The third kappa shape index (κ3) is 4.81. The van der Waals surface area contributed by atoms with Gasteiger partial charge in [0, 0.05) is 31.2 Å². The lowest BCUT2D eigenvalue weighted by Crippen LogP contribution is -2.45. The van der Waals surface area contributed by atoms with Crippen LogP contribution in [-0.4, -0.2) is 42.3 Å². The minimum Gasteiger partial charge on any atom is -0.463 e. The first kappa shape index (κ1) is 21.4. The van der Waals surface area contributed by atoms with Crippen molar-refractivity contribution in [2.45, 2.75) is 66.0 Å². The van der Waals surface area contributed by atoms with Gasteiger partial charge in [-0.25, -0.2) is 9.59 Å². The summed E-state index contributed by atoms with van der Waals surface area (Å²) in [6.45, 7) is 13.1. The van der Waals surface area contributed by atoms with Crippen LogP contribution in [0.1, 0.15) is 62.4 Å². The maximum Gasteiger partial charge on any atom is 0.411 e. The number of aryl methyl sites for hydroxylation is 2. The minimum atomic E-state index is -0.610. The van der Waals surface area contributed by atoms with Gasteiger partial charge in [0.2, 0.25) is 0 Å². The van der Waals surface area contributed by atoms with E-state index in [-0.39, 0.29) is 12.0 Å². The van der Waals surface area contributed by atoms with E-state index < -0.39 is 11.7 Å². The third-order valence-electron chi connectivity index (χ3n) is 5.52. The van der Waals surface area contributed by atoms with E-state index in [2.05, 4.69) is 36.2 Å². The molecular formula is C23H32N2O4. The van der Waals surface area contributed by atoms with Crippen LogP contribution in [0.2, 0.25) is 0 Å². The van der Waals surface area contributed by atoms with Crippen molar-refractivity contribution in [3.05, 3.63) is 45.7 Å². The maximum atomic E-state index is 12.6. The first-order chi connectivity index (χ1) is 13.6. The number of carbonyl (C=O) groups is 2. The second-order valence-electron chi connectivity index (χ2n) is 8.88. The number of nitrogens with zero attached hydrogens (tertiary/aromatic N) is 1. The van der Waals surface area contributed by atoms with Gasteiger partial charge >= 0.3 is 12.1 Å². The number of benzene rings is 1. The molecule has 0 aromatic heterocycles. The molecule has 1 aromatic rings. The highest BCUT2D eigenvalue weighted by Crippen LogP contribution is 2.39. The predicted octanol–water partition coefficient (Wildman–Crippen LogP) is 3.95. The minimum absolute atomic E-state index is 0.126. The van der Waals surface area contributed by atoms with E-state index in [9.17, 15) is 9.59 Å². The first-order valence-corrected chi connectivity index (χ1v) is 10.3. The molecule has 0 bridgehead atoms. The van der Waals surface area contributed by atoms with E-state index in [0.29, 0.717) is 30.8 Å². The zero-order valence-electron chi connectivity index (χ0n) is 18.3. The summed E-state index contributed by atoms with van der Waals surface area (Å²) in [4.78, 5) is 27.3. The predicted molar refractivity (Wildman–Crippen MR) is 112 cm³/mol. The molecule has 29 heavy (non-hydrogen) atoms. The quantitative estimate of drug-likeness (QED) is 0.778. The van der Waals surface area contributed by atoms with Gasteiger partial charge in [0.25, 0.3) is 0 Å². The number of hydrogen-bond acceptors (Lipinski definition) is 5. The van der Waals surface area contributed by atoms with Gasteiger partial charge in [-0.15, -0.1) is 0 Å². The summed E-state index contributed by atoms with van der Waals surface area (Å²) in [7, 11) is 0. The Morgan fingerprint density at radius 2 is 1.90 bits per heavy atom. The summed E-state index contributed by atoms with van der Waals surface area (Å²) < 4.78 is 10.7. The number of fused-ring (bicyclic) bond motifs is 3. The first-order valence-electron chi connectivity index (χ1n) is 10.3. The third-order valence-corrected chi connectivity index (χ3v) is 5.52. The molecule has 0 aliphatic carbocycles. The summed E-state index contributed by atoms with van der Waals surface area (Å²) in [6, 6.07) is 4.65. The van der Waals surface area contributed by atoms with Crippen LogP contribution in [0.3, 0.4) is 0 Å². The Hall–Kier alpha value is -2.34. The average molecular weight is 401 g/mol. The monoisotopic (exact) mass is 400 g/mol. The average Bonchev–Trinajstić information content (AvgIpc) is 2.61. The van der Waals surface area contributed by atoms with Crippen LogP contribution in [-0.2, 0) is 20.7 Å². The molecule has 1 amide bonds. The molecule has 158 valence electrons. The van der Waals surface area contributed by atoms with Crippen LogP contribution in [0.4, 0.5) is 4.79 Å². The summed E-state index contributed by atoms with van der Waals surface area (Å²) in [6.07, 6.45) is 0.958. The van der Waals surface area contributed by atoms with Gasteiger partial charge in [-0.1, -0.05) is 12.1 Å². The van der Waals surface area contributed by atoms with Crippen molar-refractivity contribution in [1.82, 2.24) is 10.2 Å². The molecule has 0 saturated heterocycles. The zero-order valence-corrected chi connectivity index (χ0v) is 18.3. The van der Waals surface area contributed by atoms with Gasteiger partial charge in [-0.05, 0) is 70.2 Å². The van der Waals surface area contributed by atoms with Gasteiger partial charge in [-0.2, -0.15) is 0 Å². The van der Waals surface area contributed by atoms with Gasteiger partial charge in [0.05, 0.1) is 12.2 Å². The van der Waals surface area contributed by atoms with E-state index in [4.69, 9.17) is 9.47 Å². The lowest BCUT2D eigenvalue weighted by Gasteiger charge is -2.42. The molecule has 0 saturated carbocycles. The van der Waals surface area contributed by atoms with Crippen LogP contribution >= 0.6 is 0 Å². The maximum absolute atomic E-state index is 12.6. The van der Waals surface area contributed by atoms with Crippen molar-refractivity contribution in [3.8, 4) is 0 Å². The van der Waals surface area contributed by atoms with Crippen LogP contribution in [0.15, 0.2) is 23.4 Å². The van der Waals surface area contributed by atoms with Crippen molar-refractivity contribution in [2.24, 2.45) is 0 Å². The topological polar surface area (TPSA) is 67.9 Å². The summed E-state index contributed by atoms with van der Waals surface area (Å²) in [5.41, 5.74) is 5.69. The highest BCUT2D eigenvalue weighted by atomic mass is 16.6. The number of rotatable bonds is 3. The number of ether oxygens (including phenoxy) is 2.